The Morgan fingerprint density at radius 1 is 1.47 bits per heavy atom. The van der Waals surface area contributed by atoms with E-state index in [4.69, 9.17) is 0 Å². The van der Waals surface area contributed by atoms with Gasteiger partial charge in [-0.1, -0.05) is 13.0 Å². The Morgan fingerprint density at radius 3 is 2.84 bits per heavy atom. The average molecular weight is 286 g/mol. The number of carbonyl (C=O) groups excluding carboxylic acids is 1. The molecule has 1 aromatic rings. The monoisotopic (exact) mass is 286 g/mol. The zero-order valence-electron chi connectivity index (χ0n) is 10.8. The van der Waals surface area contributed by atoms with E-state index >= 15 is 0 Å². The summed E-state index contributed by atoms with van der Waals surface area (Å²) in [6.45, 7) is 2.83. The topological polar surface area (TPSA) is 32.3 Å². The molecule has 0 aromatic heterocycles. The highest BCUT2D eigenvalue weighted by molar-refractivity contribution is 7.99. The van der Waals surface area contributed by atoms with E-state index in [2.05, 4.69) is 5.32 Å². The van der Waals surface area contributed by atoms with Gasteiger partial charge in [0.05, 0.1) is 6.54 Å². The summed E-state index contributed by atoms with van der Waals surface area (Å²) < 4.78 is 26.2. The van der Waals surface area contributed by atoms with Gasteiger partial charge in [0, 0.05) is 11.8 Å². The van der Waals surface area contributed by atoms with Gasteiger partial charge in [-0.25, -0.2) is 8.78 Å². The second kappa shape index (κ2) is 5.88. The first-order valence-electron chi connectivity index (χ1n) is 6.03. The molecule has 1 N–H and O–H groups in total. The van der Waals surface area contributed by atoms with Gasteiger partial charge in [0.25, 0.3) is 0 Å². The van der Waals surface area contributed by atoms with Crippen LogP contribution in [-0.4, -0.2) is 35.4 Å². The molecule has 0 saturated carbocycles. The fraction of sp³-hybridized carbons (Fsp3) is 0.462. The van der Waals surface area contributed by atoms with Crippen molar-refractivity contribution < 1.29 is 13.6 Å². The molecule has 2 unspecified atom stereocenters. The predicted octanol–water partition coefficient (Wildman–Crippen LogP) is 2.15. The van der Waals surface area contributed by atoms with Gasteiger partial charge in [0.1, 0.15) is 6.17 Å². The van der Waals surface area contributed by atoms with E-state index in [1.165, 1.54) is 6.07 Å². The second-order valence-corrected chi connectivity index (χ2v) is 5.83. The van der Waals surface area contributed by atoms with Crippen molar-refractivity contribution in [1.82, 2.24) is 10.2 Å². The van der Waals surface area contributed by atoms with Crippen LogP contribution in [0, 0.1) is 11.6 Å². The van der Waals surface area contributed by atoms with Gasteiger partial charge in [-0.05, 0) is 24.0 Å². The van der Waals surface area contributed by atoms with Crippen LogP contribution < -0.4 is 5.32 Å². The highest BCUT2D eigenvalue weighted by Crippen LogP contribution is 2.25. The van der Waals surface area contributed by atoms with Crippen LogP contribution in [0.25, 0.3) is 0 Å². The van der Waals surface area contributed by atoms with E-state index in [1.54, 1.807) is 16.7 Å². The van der Waals surface area contributed by atoms with Gasteiger partial charge in [0.2, 0.25) is 5.91 Å². The van der Waals surface area contributed by atoms with Crippen molar-refractivity contribution in [3.05, 3.63) is 35.4 Å². The minimum Gasteiger partial charge on any atom is -0.321 e. The van der Waals surface area contributed by atoms with E-state index in [-0.39, 0.29) is 23.9 Å². The Bertz CT molecular complexity index is 484. The molecule has 1 aromatic carbocycles. The van der Waals surface area contributed by atoms with Crippen LogP contribution in [-0.2, 0) is 4.79 Å². The Hall–Kier alpha value is -1.14. The van der Waals surface area contributed by atoms with Crippen LogP contribution in [0.5, 0.6) is 0 Å². The standard InChI is InChI=1S/C13H16F2N2OS/c1-8(19-2)7-17-12(18)6-16-13(17)9-3-4-10(14)11(15)5-9/h3-5,8,13,16H,6-7H2,1-2H3. The van der Waals surface area contributed by atoms with Crippen LogP contribution in [0.2, 0.25) is 0 Å². The lowest BCUT2D eigenvalue weighted by molar-refractivity contribution is -0.128. The van der Waals surface area contributed by atoms with Crippen LogP contribution in [0.3, 0.4) is 0 Å². The quantitative estimate of drug-likeness (QED) is 0.920. The van der Waals surface area contributed by atoms with Crippen molar-refractivity contribution in [2.75, 3.05) is 19.3 Å². The molecule has 1 fully saturated rings. The summed E-state index contributed by atoms with van der Waals surface area (Å²) >= 11 is 1.66. The van der Waals surface area contributed by atoms with Crippen molar-refractivity contribution in [2.45, 2.75) is 18.3 Å². The summed E-state index contributed by atoms with van der Waals surface area (Å²) in [6, 6.07) is 3.74. The first kappa shape index (κ1) is 14.3. The van der Waals surface area contributed by atoms with Crippen molar-refractivity contribution in [2.24, 2.45) is 0 Å². The van der Waals surface area contributed by atoms with Gasteiger partial charge >= 0.3 is 0 Å². The Labute approximate surface area is 115 Å². The van der Waals surface area contributed by atoms with E-state index in [0.717, 1.165) is 12.1 Å². The number of amides is 1. The van der Waals surface area contributed by atoms with Gasteiger partial charge in [-0.2, -0.15) is 11.8 Å². The number of halogens is 2. The largest absolute Gasteiger partial charge is 0.321 e. The summed E-state index contributed by atoms with van der Waals surface area (Å²) in [7, 11) is 0. The third-order valence-corrected chi connectivity index (χ3v) is 4.15. The molecule has 1 saturated heterocycles. The zero-order valence-corrected chi connectivity index (χ0v) is 11.6. The number of thioether (sulfide) groups is 1. The van der Waals surface area contributed by atoms with E-state index in [9.17, 15) is 13.6 Å². The number of benzene rings is 1. The summed E-state index contributed by atoms with van der Waals surface area (Å²) in [5.74, 6) is -1.79. The molecule has 1 heterocycles. The van der Waals surface area contributed by atoms with Crippen molar-refractivity contribution in [1.29, 1.82) is 0 Å². The molecule has 0 bridgehead atoms. The lowest BCUT2D eigenvalue weighted by atomic mass is 10.1. The van der Waals surface area contributed by atoms with Crippen LogP contribution in [0.15, 0.2) is 18.2 Å². The molecule has 1 amide bonds. The Kier molecular flexibility index (Phi) is 4.42. The lowest BCUT2D eigenvalue weighted by Gasteiger charge is -2.27. The third kappa shape index (κ3) is 3.06. The van der Waals surface area contributed by atoms with Crippen LogP contribution in [0.4, 0.5) is 8.78 Å². The molecule has 104 valence electrons. The number of carbonyl (C=O) groups is 1. The SMILES string of the molecule is CSC(C)CN1C(=O)CNC1c1ccc(F)c(F)c1. The summed E-state index contributed by atoms with van der Waals surface area (Å²) in [6.07, 6.45) is 1.60. The molecule has 2 rings (SSSR count). The maximum absolute atomic E-state index is 13.3. The molecule has 0 radical (unpaired) electrons. The van der Waals surface area contributed by atoms with Crippen molar-refractivity contribution in [3.63, 3.8) is 0 Å². The highest BCUT2D eigenvalue weighted by atomic mass is 32.2. The van der Waals surface area contributed by atoms with Gasteiger partial charge in [-0.3, -0.25) is 10.1 Å². The lowest BCUT2D eigenvalue weighted by Crippen LogP contribution is -2.35. The third-order valence-electron chi connectivity index (χ3n) is 3.19. The van der Waals surface area contributed by atoms with Gasteiger partial charge in [0.15, 0.2) is 11.6 Å². The molecule has 1 aliphatic rings. The first-order valence-corrected chi connectivity index (χ1v) is 7.32. The zero-order chi connectivity index (χ0) is 14.0. The van der Waals surface area contributed by atoms with Gasteiger partial charge < -0.3 is 4.90 Å². The molecule has 1 aliphatic heterocycles. The van der Waals surface area contributed by atoms with E-state index in [0.29, 0.717) is 12.1 Å². The predicted molar refractivity (Wildman–Crippen MR) is 71.8 cm³/mol. The Morgan fingerprint density at radius 2 is 2.21 bits per heavy atom. The molecule has 0 spiro atoms. The minimum atomic E-state index is -0.892. The molecule has 2 atom stereocenters. The second-order valence-electron chi connectivity index (χ2n) is 4.55. The summed E-state index contributed by atoms with van der Waals surface area (Å²) in [5.41, 5.74) is 0.568. The number of nitrogens with zero attached hydrogens (tertiary/aromatic N) is 1. The minimum absolute atomic E-state index is 0.0179. The number of nitrogens with one attached hydrogen (secondary N) is 1. The summed E-state index contributed by atoms with van der Waals surface area (Å²) in [5, 5.41) is 3.32. The summed E-state index contributed by atoms with van der Waals surface area (Å²) in [4.78, 5) is 13.5. The maximum Gasteiger partial charge on any atom is 0.238 e. The molecular formula is C13H16F2N2OS. The molecular weight excluding hydrogens is 270 g/mol. The average Bonchev–Trinajstić information content (AvgIpc) is 2.74. The maximum atomic E-state index is 13.3. The number of hydrogen-bond donors (Lipinski definition) is 1. The van der Waals surface area contributed by atoms with Gasteiger partial charge in [-0.15, -0.1) is 0 Å². The van der Waals surface area contributed by atoms with Crippen molar-refractivity contribution >= 4 is 17.7 Å². The molecule has 19 heavy (non-hydrogen) atoms. The fourth-order valence-corrected chi connectivity index (χ4v) is 2.39. The molecule has 3 nitrogen and oxygen atoms in total. The smallest absolute Gasteiger partial charge is 0.238 e. The normalized spacial score (nSPS) is 20.9. The van der Waals surface area contributed by atoms with Crippen LogP contribution in [0.1, 0.15) is 18.7 Å². The fourth-order valence-electron chi connectivity index (χ4n) is 2.08. The Balaban J connectivity index is 2.21. The van der Waals surface area contributed by atoms with Crippen LogP contribution >= 0.6 is 11.8 Å². The van der Waals surface area contributed by atoms with E-state index < -0.39 is 11.6 Å². The first-order chi connectivity index (χ1) is 9.02. The van der Waals surface area contributed by atoms with Crippen molar-refractivity contribution in [3.8, 4) is 0 Å². The van der Waals surface area contributed by atoms with E-state index in [1.807, 2.05) is 13.2 Å². The number of rotatable bonds is 4. The highest BCUT2D eigenvalue weighted by Gasteiger charge is 2.32. The number of hydrogen-bond acceptors (Lipinski definition) is 3. The molecule has 0 aliphatic carbocycles. The molecule has 6 heteroatoms.